The fourth-order valence-electron chi connectivity index (χ4n) is 1.86. The fourth-order valence-corrected chi connectivity index (χ4v) is 1.86. The Balaban J connectivity index is 2.10. The first-order valence-electron chi connectivity index (χ1n) is 6.52. The number of carbonyl (C=O) groups excluding carboxylic acids is 1. The third kappa shape index (κ3) is 3.86. The molecule has 108 valence electrons. The van der Waals surface area contributed by atoms with E-state index in [4.69, 9.17) is 4.74 Å². The topological polar surface area (TPSA) is 58.6 Å². The van der Waals surface area contributed by atoms with Gasteiger partial charge in [-0.15, -0.1) is 0 Å². The number of rotatable bonds is 5. The van der Waals surface area contributed by atoms with Crippen molar-refractivity contribution in [3.8, 4) is 11.5 Å². The van der Waals surface area contributed by atoms with Crippen LogP contribution in [0.25, 0.3) is 0 Å². The van der Waals surface area contributed by atoms with E-state index in [1.165, 1.54) is 6.08 Å². The molecule has 0 saturated heterocycles. The zero-order valence-electron chi connectivity index (χ0n) is 12.0. The summed E-state index contributed by atoms with van der Waals surface area (Å²) in [6.45, 7) is 1.77. The van der Waals surface area contributed by atoms with Gasteiger partial charge in [0.1, 0.15) is 11.5 Å². The van der Waals surface area contributed by atoms with Crippen molar-refractivity contribution in [3.05, 3.63) is 65.9 Å². The highest BCUT2D eigenvalue weighted by atomic mass is 16.5. The molecule has 21 heavy (non-hydrogen) atoms. The van der Waals surface area contributed by atoms with E-state index in [9.17, 15) is 9.90 Å². The highest BCUT2D eigenvalue weighted by molar-refractivity contribution is 6.05. The molecule has 0 aliphatic carbocycles. The average Bonchev–Trinajstić information content (AvgIpc) is 2.49. The van der Waals surface area contributed by atoms with E-state index >= 15 is 0 Å². The number of carbonyl (C=O) groups is 1. The summed E-state index contributed by atoms with van der Waals surface area (Å²) in [5, 5.41) is 12.7. The van der Waals surface area contributed by atoms with Gasteiger partial charge in [-0.25, -0.2) is 0 Å². The molecule has 0 aromatic heterocycles. The Morgan fingerprint density at radius 1 is 1.14 bits per heavy atom. The molecule has 0 unspecified atom stereocenters. The van der Waals surface area contributed by atoms with Gasteiger partial charge >= 0.3 is 0 Å². The number of nitrogens with one attached hydrogen (secondary N) is 1. The number of phenolic OH excluding ortho intramolecular Hbond substituents is 1. The van der Waals surface area contributed by atoms with Crippen molar-refractivity contribution >= 4 is 11.5 Å². The van der Waals surface area contributed by atoms with Crippen LogP contribution in [0, 0.1) is 0 Å². The Kier molecular flexibility index (Phi) is 4.61. The second kappa shape index (κ2) is 6.61. The number of hydrogen-bond donors (Lipinski definition) is 2. The van der Waals surface area contributed by atoms with Crippen molar-refractivity contribution in [1.29, 1.82) is 0 Å². The third-order valence-electron chi connectivity index (χ3n) is 2.96. The molecule has 2 aromatic carbocycles. The number of para-hydroxylation sites is 2. The summed E-state index contributed by atoms with van der Waals surface area (Å²) in [6.07, 6.45) is 1.49. The van der Waals surface area contributed by atoms with E-state index < -0.39 is 0 Å². The van der Waals surface area contributed by atoms with E-state index in [1.54, 1.807) is 62.6 Å². The zero-order valence-corrected chi connectivity index (χ0v) is 12.0. The molecule has 4 heteroatoms. The van der Waals surface area contributed by atoms with Crippen LogP contribution in [0.2, 0.25) is 0 Å². The summed E-state index contributed by atoms with van der Waals surface area (Å²) in [7, 11) is 1.58. The maximum absolute atomic E-state index is 12.1. The van der Waals surface area contributed by atoms with Crippen LogP contribution in [-0.4, -0.2) is 18.0 Å². The van der Waals surface area contributed by atoms with Crippen LogP contribution < -0.4 is 10.1 Å². The molecule has 2 rings (SSSR count). The Morgan fingerprint density at radius 3 is 2.43 bits per heavy atom. The van der Waals surface area contributed by atoms with Crippen LogP contribution in [0.15, 0.2) is 60.3 Å². The predicted octanol–water partition coefficient (Wildman–Crippen LogP) is 3.60. The third-order valence-corrected chi connectivity index (χ3v) is 2.96. The van der Waals surface area contributed by atoms with Gasteiger partial charge in [-0.3, -0.25) is 4.79 Å². The van der Waals surface area contributed by atoms with Crippen LogP contribution >= 0.6 is 0 Å². The molecule has 0 spiro atoms. The van der Waals surface area contributed by atoms with Gasteiger partial charge in [0.2, 0.25) is 0 Å². The molecule has 0 amide bonds. The van der Waals surface area contributed by atoms with Crippen LogP contribution in [0.1, 0.15) is 17.3 Å². The number of hydrogen-bond acceptors (Lipinski definition) is 4. The van der Waals surface area contributed by atoms with Gasteiger partial charge in [0.05, 0.1) is 12.8 Å². The van der Waals surface area contributed by atoms with Gasteiger partial charge in [0.15, 0.2) is 5.78 Å². The second-order valence-corrected chi connectivity index (χ2v) is 4.56. The minimum absolute atomic E-state index is 0.113. The number of aromatic hydroxyl groups is 1. The highest BCUT2D eigenvalue weighted by Crippen LogP contribution is 2.23. The molecule has 0 aliphatic heterocycles. The van der Waals surface area contributed by atoms with Gasteiger partial charge in [0.25, 0.3) is 0 Å². The van der Waals surface area contributed by atoms with E-state index in [0.29, 0.717) is 22.7 Å². The molecule has 0 bridgehead atoms. The van der Waals surface area contributed by atoms with Gasteiger partial charge in [-0.1, -0.05) is 12.1 Å². The van der Waals surface area contributed by atoms with Gasteiger partial charge in [-0.05, 0) is 43.3 Å². The molecule has 0 radical (unpaired) electrons. The summed E-state index contributed by atoms with van der Waals surface area (Å²) >= 11 is 0. The number of anilines is 1. The first-order chi connectivity index (χ1) is 10.1. The Labute approximate surface area is 123 Å². The number of benzene rings is 2. The standard InChI is InChI=1S/C17H17NO3/c1-12(18-15-5-3-4-6-16(15)19)11-17(20)13-7-9-14(21-2)10-8-13/h3-11,18-19H,1-2H3/b12-11-. The van der Waals surface area contributed by atoms with Crippen molar-refractivity contribution in [2.45, 2.75) is 6.92 Å². The Hall–Kier alpha value is -2.75. The first-order valence-corrected chi connectivity index (χ1v) is 6.52. The Bertz CT molecular complexity index is 660. The number of ketones is 1. The molecule has 0 atom stereocenters. The maximum atomic E-state index is 12.1. The zero-order chi connectivity index (χ0) is 15.2. The second-order valence-electron chi connectivity index (χ2n) is 4.56. The molecule has 0 aliphatic rings. The predicted molar refractivity (Wildman–Crippen MR) is 82.8 cm³/mol. The van der Waals surface area contributed by atoms with E-state index in [0.717, 1.165) is 0 Å². The Morgan fingerprint density at radius 2 is 1.81 bits per heavy atom. The minimum Gasteiger partial charge on any atom is -0.506 e. The van der Waals surface area contributed by atoms with Crippen LogP contribution in [0.4, 0.5) is 5.69 Å². The lowest BCUT2D eigenvalue weighted by molar-refractivity contribution is 0.104. The molecular weight excluding hydrogens is 266 g/mol. The van der Waals surface area contributed by atoms with E-state index in [1.807, 2.05) is 0 Å². The summed E-state index contributed by atoms with van der Waals surface area (Å²) in [6, 6.07) is 13.8. The SMILES string of the molecule is COc1ccc(C(=O)/C=C(/C)Nc2ccccc2O)cc1. The van der Waals surface area contributed by atoms with Crippen molar-refractivity contribution in [2.75, 3.05) is 12.4 Å². The summed E-state index contributed by atoms with van der Waals surface area (Å²) in [5.41, 5.74) is 1.79. The highest BCUT2D eigenvalue weighted by Gasteiger charge is 2.05. The number of methoxy groups -OCH3 is 1. The normalized spacial score (nSPS) is 11.0. The molecule has 0 saturated carbocycles. The molecule has 2 aromatic rings. The van der Waals surface area contributed by atoms with Crippen LogP contribution in [-0.2, 0) is 0 Å². The maximum Gasteiger partial charge on any atom is 0.187 e. The monoisotopic (exact) mass is 283 g/mol. The molecule has 0 fully saturated rings. The molecule has 4 nitrogen and oxygen atoms in total. The molecular formula is C17H17NO3. The molecule has 2 N–H and O–H groups in total. The lowest BCUT2D eigenvalue weighted by atomic mass is 10.1. The number of ether oxygens (including phenoxy) is 1. The van der Waals surface area contributed by atoms with E-state index in [-0.39, 0.29) is 11.5 Å². The summed E-state index contributed by atoms with van der Waals surface area (Å²) in [5.74, 6) is 0.736. The quantitative estimate of drug-likeness (QED) is 0.500. The molecule has 0 heterocycles. The van der Waals surface area contributed by atoms with Crippen LogP contribution in [0.5, 0.6) is 11.5 Å². The fraction of sp³-hybridized carbons (Fsp3) is 0.118. The smallest absolute Gasteiger partial charge is 0.187 e. The van der Waals surface area contributed by atoms with E-state index in [2.05, 4.69) is 5.32 Å². The van der Waals surface area contributed by atoms with Crippen molar-refractivity contribution in [1.82, 2.24) is 0 Å². The first kappa shape index (κ1) is 14.7. The van der Waals surface area contributed by atoms with Crippen molar-refractivity contribution in [2.24, 2.45) is 0 Å². The van der Waals surface area contributed by atoms with Crippen LogP contribution in [0.3, 0.4) is 0 Å². The van der Waals surface area contributed by atoms with Gasteiger partial charge in [0, 0.05) is 17.3 Å². The van der Waals surface area contributed by atoms with Gasteiger partial charge < -0.3 is 15.2 Å². The summed E-state index contributed by atoms with van der Waals surface area (Å²) in [4.78, 5) is 12.1. The largest absolute Gasteiger partial charge is 0.506 e. The van der Waals surface area contributed by atoms with Crippen molar-refractivity contribution < 1.29 is 14.6 Å². The average molecular weight is 283 g/mol. The number of allylic oxidation sites excluding steroid dienone is 2. The van der Waals surface area contributed by atoms with Crippen molar-refractivity contribution in [3.63, 3.8) is 0 Å². The lowest BCUT2D eigenvalue weighted by Crippen LogP contribution is -2.01. The minimum atomic E-state index is -0.113. The summed E-state index contributed by atoms with van der Waals surface area (Å²) < 4.78 is 5.06. The lowest BCUT2D eigenvalue weighted by Gasteiger charge is -2.08. The van der Waals surface area contributed by atoms with Gasteiger partial charge in [-0.2, -0.15) is 0 Å². The number of phenols is 1.